The van der Waals surface area contributed by atoms with Crippen molar-refractivity contribution in [1.29, 1.82) is 0 Å². The van der Waals surface area contributed by atoms with Gasteiger partial charge in [0.15, 0.2) is 0 Å². The van der Waals surface area contributed by atoms with Crippen LogP contribution in [0.4, 0.5) is 4.79 Å². The maximum absolute atomic E-state index is 10.5. The Kier molecular flexibility index (Phi) is 5.88. The Morgan fingerprint density at radius 1 is 0.846 bits per heavy atom. The number of hydrogen-bond acceptors (Lipinski definition) is 2. The SMILES string of the molecule is O=C(O)NCCc1ccc(-c2cccc(OCc3ccccc3)c2)cc1. The van der Waals surface area contributed by atoms with Gasteiger partial charge in [-0.2, -0.15) is 0 Å². The second kappa shape index (κ2) is 8.72. The summed E-state index contributed by atoms with van der Waals surface area (Å²) in [5.74, 6) is 0.834. The van der Waals surface area contributed by atoms with E-state index in [2.05, 4.69) is 11.4 Å². The van der Waals surface area contributed by atoms with Crippen molar-refractivity contribution in [3.63, 3.8) is 0 Å². The van der Waals surface area contributed by atoms with Crippen molar-refractivity contribution in [2.75, 3.05) is 6.54 Å². The van der Waals surface area contributed by atoms with Crippen molar-refractivity contribution in [1.82, 2.24) is 5.32 Å². The fraction of sp³-hybridized carbons (Fsp3) is 0.136. The third-order valence-electron chi connectivity index (χ3n) is 4.06. The average Bonchev–Trinajstić information content (AvgIpc) is 2.68. The molecule has 0 aliphatic carbocycles. The molecule has 0 spiro atoms. The minimum Gasteiger partial charge on any atom is -0.489 e. The van der Waals surface area contributed by atoms with Crippen molar-refractivity contribution in [3.8, 4) is 16.9 Å². The Hall–Kier alpha value is -3.27. The molecule has 1 amide bonds. The number of nitrogens with one attached hydrogen (secondary N) is 1. The number of benzene rings is 3. The van der Waals surface area contributed by atoms with E-state index < -0.39 is 6.09 Å². The Labute approximate surface area is 153 Å². The van der Waals surface area contributed by atoms with Gasteiger partial charge in [0.25, 0.3) is 0 Å². The highest BCUT2D eigenvalue weighted by atomic mass is 16.5. The minimum atomic E-state index is -0.992. The van der Waals surface area contributed by atoms with Crippen molar-refractivity contribution in [2.24, 2.45) is 0 Å². The third-order valence-corrected chi connectivity index (χ3v) is 4.06. The summed E-state index contributed by atoms with van der Waals surface area (Å²) in [4.78, 5) is 10.5. The van der Waals surface area contributed by atoms with Crippen LogP contribution in [0.2, 0.25) is 0 Å². The van der Waals surface area contributed by atoms with Gasteiger partial charge in [0.05, 0.1) is 0 Å². The van der Waals surface area contributed by atoms with Gasteiger partial charge in [-0.05, 0) is 40.8 Å². The Morgan fingerprint density at radius 3 is 2.35 bits per heavy atom. The lowest BCUT2D eigenvalue weighted by atomic mass is 10.0. The van der Waals surface area contributed by atoms with E-state index in [0.29, 0.717) is 19.6 Å². The fourth-order valence-corrected chi connectivity index (χ4v) is 2.68. The molecule has 0 heterocycles. The van der Waals surface area contributed by atoms with E-state index in [9.17, 15) is 4.79 Å². The van der Waals surface area contributed by atoms with Crippen LogP contribution in [-0.4, -0.2) is 17.7 Å². The van der Waals surface area contributed by atoms with Crippen LogP contribution in [0, 0.1) is 0 Å². The monoisotopic (exact) mass is 347 g/mol. The molecule has 2 N–H and O–H groups in total. The summed E-state index contributed by atoms with van der Waals surface area (Å²) in [6.07, 6.45) is -0.318. The number of amides is 1. The number of carboxylic acid groups (broad SMARTS) is 1. The average molecular weight is 347 g/mol. The molecule has 0 aliphatic heterocycles. The lowest BCUT2D eigenvalue weighted by molar-refractivity contribution is 0.194. The number of carbonyl (C=O) groups is 1. The fourth-order valence-electron chi connectivity index (χ4n) is 2.68. The molecular formula is C22H21NO3. The van der Waals surface area contributed by atoms with Crippen LogP contribution in [0.3, 0.4) is 0 Å². The Morgan fingerprint density at radius 2 is 1.62 bits per heavy atom. The molecule has 0 atom stereocenters. The van der Waals surface area contributed by atoms with Crippen LogP contribution in [0.1, 0.15) is 11.1 Å². The molecule has 0 unspecified atom stereocenters. The zero-order valence-corrected chi connectivity index (χ0v) is 14.4. The highest BCUT2D eigenvalue weighted by Crippen LogP contribution is 2.25. The van der Waals surface area contributed by atoms with Gasteiger partial charge in [0, 0.05) is 6.54 Å². The van der Waals surface area contributed by atoms with Crippen LogP contribution >= 0.6 is 0 Å². The van der Waals surface area contributed by atoms with Gasteiger partial charge in [-0.15, -0.1) is 0 Å². The van der Waals surface area contributed by atoms with Gasteiger partial charge in [0.2, 0.25) is 0 Å². The second-order valence-electron chi connectivity index (χ2n) is 5.98. The summed E-state index contributed by atoms with van der Waals surface area (Å²) < 4.78 is 5.89. The van der Waals surface area contributed by atoms with E-state index in [4.69, 9.17) is 9.84 Å². The second-order valence-corrected chi connectivity index (χ2v) is 5.98. The maximum Gasteiger partial charge on any atom is 0.404 e. The summed E-state index contributed by atoms with van der Waals surface area (Å²) in [7, 11) is 0. The zero-order chi connectivity index (χ0) is 18.2. The molecule has 3 rings (SSSR count). The highest BCUT2D eigenvalue weighted by Gasteiger charge is 2.02. The smallest absolute Gasteiger partial charge is 0.404 e. The molecule has 0 radical (unpaired) electrons. The Balaban J connectivity index is 1.63. The quantitative estimate of drug-likeness (QED) is 0.649. The van der Waals surface area contributed by atoms with Crippen LogP contribution in [0.15, 0.2) is 78.9 Å². The van der Waals surface area contributed by atoms with Crippen molar-refractivity contribution < 1.29 is 14.6 Å². The molecule has 0 saturated carbocycles. The predicted octanol–water partition coefficient (Wildman–Crippen LogP) is 4.74. The lowest BCUT2D eigenvalue weighted by Crippen LogP contribution is -2.23. The molecule has 0 fully saturated rings. The molecule has 3 aromatic carbocycles. The van der Waals surface area contributed by atoms with Crippen LogP contribution < -0.4 is 10.1 Å². The largest absolute Gasteiger partial charge is 0.489 e. The first-order valence-corrected chi connectivity index (χ1v) is 8.53. The summed E-state index contributed by atoms with van der Waals surface area (Å²) in [5, 5.41) is 11.0. The van der Waals surface area contributed by atoms with Gasteiger partial charge < -0.3 is 15.2 Å². The predicted molar refractivity (Wildman–Crippen MR) is 102 cm³/mol. The molecule has 26 heavy (non-hydrogen) atoms. The first kappa shape index (κ1) is 17.5. The molecule has 132 valence electrons. The van der Waals surface area contributed by atoms with Gasteiger partial charge in [-0.1, -0.05) is 66.7 Å². The molecule has 0 aliphatic rings. The molecule has 0 aromatic heterocycles. The molecule has 4 nitrogen and oxygen atoms in total. The van der Waals surface area contributed by atoms with Gasteiger partial charge >= 0.3 is 6.09 Å². The van der Waals surface area contributed by atoms with E-state index in [0.717, 1.165) is 28.0 Å². The lowest BCUT2D eigenvalue weighted by Gasteiger charge is -2.09. The van der Waals surface area contributed by atoms with E-state index in [-0.39, 0.29) is 0 Å². The van der Waals surface area contributed by atoms with Crippen molar-refractivity contribution in [2.45, 2.75) is 13.0 Å². The van der Waals surface area contributed by atoms with Crippen molar-refractivity contribution >= 4 is 6.09 Å². The maximum atomic E-state index is 10.5. The highest BCUT2D eigenvalue weighted by molar-refractivity contribution is 5.65. The van der Waals surface area contributed by atoms with Gasteiger partial charge in [-0.3, -0.25) is 0 Å². The van der Waals surface area contributed by atoms with Gasteiger partial charge in [-0.25, -0.2) is 4.79 Å². The van der Waals surface area contributed by atoms with Crippen LogP contribution in [0.25, 0.3) is 11.1 Å². The number of hydrogen-bond donors (Lipinski definition) is 2. The van der Waals surface area contributed by atoms with Crippen molar-refractivity contribution in [3.05, 3.63) is 90.0 Å². The molecule has 4 heteroatoms. The molecule has 0 saturated heterocycles. The van der Waals surface area contributed by atoms with E-state index in [1.807, 2.05) is 72.8 Å². The molecule has 0 bridgehead atoms. The standard InChI is InChI=1S/C22H21NO3/c24-22(25)23-14-13-17-9-11-19(12-10-17)20-7-4-8-21(15-20)26-16-18-5-2-1-3-6-18/h1-12,15,23H,13-14,16H2,(H,24,25). The minimum absolute atomic E-state index is 0.414. The normalized spacial score (nSPS) is 10.3. The first-order chi connectivity index (χ1) is 12.7. The number of rotatable bonds is 7. The summed E-state index contributed by atoms with van der Waals surface area (Å²) in [6, 6.07) is 26.3. The first-order valence-electron chi connectivity index (χ1n) is 8.53. The van der Waals surface area contributed by atoms with E-state index >= 15 is 0 Å². The zero-order valence-electron chi connectivity index (χ0n) is 14.4. The van der Waals surface area contributed by atoms with Crippen LogP contribution in [-0.2, 0) is 13.0 Å². The topological polar surface area (TPSA) is 58.6 Å². The summed E-state index contributed by atoms with van der Waals surface area (Å²) >= 11 is 0. The summed E-state index contributed by atoms with van der Waals surface area (Å²) in [5.41, 5.74) is 4.42. The molecular weight excluding hydrogens is 326 g/mol. The van der Waals surface area contributed by atoms with E-state index in [1.54, 1.807) is 0 Å². The van der Waals surface area contributed by atoms with Crippen LogP contribution in [0.5, 0.6) is 5.75 Å². The van der Waals surface area contributed by atoms with E-state index in [1.165, 1.54) is 0 Å². The molecule has 3 aromatic rings. The van der Waals surface area contributed by atoms with Gasteiger partial charge in [0.1, 0.15) is 12.4 Å². The third kappa shape index (κ3) is 5.11. The Bertz CT molecular complexity index is 845. The number of ether oxygens (including phenoxy) is 1. The summed E-state index contributed by atoms with van der Waals surface area (Å²) in [6.45, 7) is 0.956.